The number of aryl methyl sites for hydroxylation is 1. The zero-order chi connectivity index (χ0) is 16.8. The Morgan fingerprint density at radius 3 is 2.76 bits per heavy atom. The topological polar surface area (TPSA) is 48.7 Å². The number of aromatic nitrogens is 3. The van der Waals surface area contributed by atoms with Crippen molar-refractivity contribution in [3.63, 3.8) is 0 Å². The maximum Gasteiger partial charge on any atom is 0.162 e. The molecule has 6 heteroatoms. The quantitative estimate of drug-likeness (QED) is 0.510. The molecule has 0 atom stereocenters. The smallest absolute Gasteiger partial charge is 0.162 e. The number of benzene rings is 2. The molecule has 1 aliphatic rings. The van der Waals surface area contributed by atoms with Gasteiger partial charge in [0.2, 0.25) is 0 Å². The summed E-state index contributed by atoms with van der Waals surface area (Å²) in [6.45, 7) is 3.17. The Bertz CT molecular complexity index is 1110. The summed E-state index contributed by atoms with van der Waals surface area (Å²) in [4.78, 5) is 5.89. The molecule has 0 N–H and O–H groups in total. The third-order valence-electron chi connectivity index (χ3n) is 4.12. The first-order chi connectivity index (χ1) is 12.3. The van der Waals surface area contributed by atoms with Gasteiger partial charge < -0.3 is 9.47 Å². The third-order valence-corrected chi connectivity index (χ3v) is 5.11. The van der Waals surface area contributed by atoms with Crippen LogP contribution in [0.3, 0.4) is 0 Å². The summed E-state index contributed by atoms with van der Waals surface area (Å²) in [6, 6.07) is 16.2. The maximum atomic E-state index is 5.69. The Morgan fingerprint density at radius 1 is 1.00 bits per heavy atom. The van der Waals surface area contributed by atoms with Gasteiger partial charge in [0.25, 0.3) is 0 Å². The minimum atomic E-state index is 0.587. The molecule has 0 amide bonds. The van der Waals surface area contributed by atoms with Gasteiger partial charge in [-0.2, -0.15) is 5.10 Å². The maximum absolute atomic E-state index is 5.69. The number of nitrogens with zero attached hydrogens (tertiary/aromatic N) is 3. The summed E-state index contributed by atoms with van der Waals surface area (Å²) >= 11 is 1.63. The van der Waals surface area contributed by atoms with Gasteiger partial charge in [0.15, 0.2) is 17.1 Å². The van der Waals surface area contributed by atoms with Gasteiger partial charge in [-0.05, 0) is 31.2 Å². The van der Waals surface area contributed by atoms with Crippen molar-refractivity contribution in [1.82, 2.24) is 14.6 Å². The Kier molecular flexibility index (Phi) is 3.31. The highest BCUT2D eigenvalue weighted by molar-refractivity contribution is 7.99. The van der Waals surface area contributed by atoms with Crippen LogP contribution in [0.25, 0.3) is 16.6 Å². The van der Waals surface area contributed by atoms with Crippen LogP contribution in [-0.2, 0) is 0 Å². The molecule has 0 spiro atoms. The molecule has 1 aliphatic heterocycles. The van der Waals surface area contributed by atoms with Crippen LogP contribution in [0.4, 0.5) is 0 Å². The van der Waals surface area contributed by atoms with E-state index in [4.69, 9.17) is 14.5 Å². The second kappa shape index (κ2) is 5.67. The average molecular weight is 349 g/mol. The van der Waals surface area contributed by atoms with Gasteiger partial charge in [-0.15, -0.1) is 0 Å². The first-order valence-electron chi connectivity index (χ1n) is 8.10. The number of ether oxygens (including phenoxy) is 2. The van der Waals surface area contributed by atoms with Crippen molar-refractivity contribution >= 4 is 28.3 Å². The van der Waals surface area contributed by atoms with E-state index < -0.39 is 0 Å². The van der Waals surface area contributed by atoms with Gasteiger partial charge in [0.05, 0.1) is 11.2 Å². The Labute approximate surface area is 148 Å². The van der Waals surface area contributed by atoms with Crippen molar-refractivity contribution in [3.8, 4) is 11.5 Å². The lowest BCUT2D eigenvalue weighted by Crippen LogP contribution is -2.15. The molecule has 0 fully saturated rings. The molecule has 25 heavy (non-hydrogen) atoms. The van der Waals surface area contributed by atoms with E-state index in [1.165, 1.54) is 0 Å². The minimum Gasteiger partial charge on any atom is -0.486 e. The number of fused-ring (bicyclic) bond motifs is 4. The van der Waals surface area contributed by atoms with Crippen molar-refractivity contribution in [2.24, 2.45) is 0 Å². The fourth-order valence-corrected chi connectivity index (χ4v) is 3.97. The lowest BCUT2D eigenvalue weighted by molar-refractivity contribution is 0.171. The largest absolute Gasteiger partial charge is 0.486 e. The highest BCUT2D eigenvalue weighted by Crippen LogP contribution is 2.38. The SMILES string of the molecule is Cc1cc2nc(Sc3ccc4c(c3)OCCO4)c3ccccc3n2n1. The molecule has 0 saturated carbocycles. The molecule has 2 aromatic heterocycles. The van der Waals surface area contributed by atoms with E-state index in [1.807, 2.05) is 47.8 Å². The number of rotatable bonds is 2. The molecule has 0 aliphatic carbocycles. The van der Waals surface area contributed by atoms with Crippen LogP contribution in [-0.4, -0.2) is 27.8 Å². The first-order valence-corrected chi connectivity index (χ1v) is 8.92. The van der Waals surface area contributed by atoms with E-state index in [0.717, 1.165) is 43.7 Å². The Hall–Kier alpha value is -2.73. The van der Waals surface area contributed by atoms with E-state index in [-0.39, 0.29) is 0 Å². The molecule has 0 radical (unpaired) electrons. The van der Waals surface area contributed by atoms with Gasteiger partial charge in [-0.1, -0.05) is 30.0 Å². The van der Waals surface area contributed by atoms with Crippen LogP contribution in [0.1, 0.15) is 5.69 Å². The molecule has 5 rings (SSSR count). The molecule has 0 saturated heterocycles. The van der Waals surface area contributed by atoms with E-state index in [2.05, 4.69) is 17.2 Å². The van der Waals surface area contributed by atoms with Gasteiger partial charge in [-0.3, -0.25) is 0 Å². The predicted molar refractivity (Wildman–Crippen MR) is 96.8 cm³/mol. The van der Waals surface area contributed by atoms with E-state index in [0.29, 0.717) is 13.2 Å². The predicted octanol–water partition coefficient (Wildman–Crippen LogP) is 4.11. The van der Waals surface area contributed by atoms with Crippen molar-refractivity contribution in [2.75, 3.05) is 13.2 Å². The molecule has 124 valence electrons. The summed E-state index contributed by atoms with van der Waals surface area (Å²) in [5, 5.41) is 6.59. The van der Waals surface area contributed by atoms with Crippen LogP contribution >= 0.6 is 11.8 Å². The van der Waals surface area contributed by atoms with Gasteiger partial charge in [-0.25, -0.2) is 9.50 Å². The first kappa shape index (κ1) is 14.6. The number of hydrogen-bond donors (Lipinski definition) is 0. The summed E-state index contributed by atoms with van der Waals surface area (Å²) in [6.07, 6.45) is 0. The van der Waals surface area contributed by atoms with Gasteiger partial charge in [0.1, 0.15) is 18.2 Å². The average Bonchev–Trinajstić information content (AvgIpc) is 3.02. The van der Waals surface area contributed by atoms with E-state index >= 15 is 0 Å². The highest BCUT2D eigenvalue weighted by Gasteiger charge is 2.15. The van der Waals surface area contributed by atoms with Crippen molar-refractivity contribution in [1.29, 1.82) is 0 Å². The lowest BCUT2D eigenvalue weighted by Gasteiger charge is -2.18. The molecule has 0 bridgehead atoms. The zero-order valence-corrected chi connectivity index (χ0v) is 14.4. The standard InChI is InChI=1S/C19H15N3O2S/c1-12-10-18-20-19(14-4-2-3-5-15(14)22(18)21-12)25-13-6-7-16-17(11-13)24-9-8-23-16/h2-7,10-11H,8-9H2,1H3. The zero-order valence-electron chi connectivity index (χ0n) is 13.6. The summed E-state index contributed by atoms with van der Waals surface area (Å²) in [5.41, 5.74) is 2.87. The highest BCUT2D eigenvalue weighted by atomic mass is 32.2. The molecule has 3 heterocycles. The molecule has 2 aromatic carbocycles. The molecular formula is C19H15N3O2S. The van der Waals surface area contributed by atoms with Gasteiger partial charge in [0, 0.05) is 16.3 Å². The second-order valence-electron chi connectivity index (χ2n) is 5.90. The third kappa shape index (κ3) is 2.49. The second-order valence-corrected chi connectivity index (χ2v) is 6.96. The van der Waals surface area contributed by atoms with Crippen molar-refractivity contribution in [3.05, 3.63) is 54.2 Å². The van der Waals surface area contributed by atoms with Crippen LogP contribution in [0, 0.1) is 6.92 Å². The van der Waals surface area contributed by atoms with E-state index in [9.17, 15) is 0 Å². The van der Waals surface area contributed by atoms with Crippen LogP contribution in [0.2, 0.25) is 0 Å². The lowest BCUT2D eigenvalue weighted by atomic mass is 10.2. The number of hydrogen-bond acceptors (Lipinski definition) is 5. The monoisotopic (exact) mass is 349 g/mol. The molecule has 4 aromatic rings. The summed E-state index contributed by atoms with van der Waals surface area (Å²) < 4.78 is 13.2. The summed E-state index contributed by atoms with van der Waals surface area (Å²) in [5.74, 6) is 1.59. The Morgan fingerprint density at radius 2 is 1.84 bits per heavy atom. The minimum absolute atomic E-state index is 0.587. The van der Waals surface area contributed by atoms with Crippen molar-refractivity contribution < 1.29 is 9.47 Å². The fourth-order valence-electron chi connectivity index (χ4n) is 3.02. The van der Waals surface area contributed by atoms with Crippen molar-refractivity contribution in [2.45, 2.75) is 16.8 Å². The molecular weight excluding hydrogens is 334 g/mol. The van der Waals surface area contributed by atoms with E-state index in [1.54, 1.807) is 11.8 Å². The molecule has 5 nitrogen and oxygen atoms in total. The van der Waals surface area contributed by atoms with Crippen LogP contribution < -0.4 is 9.47 Å². The molecule has 0 unspecified atom stereocenters. The Balaban J connectivity index is 1.64. The van der Waals surface area contributed by atoms with Gasteiger partial charge >= 0.3 is 0 Å². The van der Waals surface area contributed by atoms with Crippen LogP contribution in [0.15, 0.2) is 58.5 Å². The summed E-state index contributed by atoms with van der Waals surface area (Å²) in [7, 11) is 0. The fraction of sp³-hybridized carbons (Fsp3) is 0.158. The van der Waals surface area contributed by atoms with Crippen LogP contribution in [0.5, 0.6) is 11.5 Å². The number of para-hydroxylation sites is 1. The normalized spacial score (nSPS) is 13.5.